The van der Waals surface area contributed by atoms with Crippen LogP contribution in [0.25, 0.3) is 28.3 Å². The van der Waals surface area contributed by atoms with Gasteiger partial charge in [-0.15, -0.1) is 10.2 Å². The summed E-state index contributed by atoms with van der Waals surface area (Å²) in [7, 11) is 3.91. The molecular formula is C23H28N10. The second-order valence-electron chi connectivity index (χ2n) is 8.95. The highest BCUT2D eigenvalue weighted by Crippen LogP contribution is 2.27. The van der Waals surface area contributed by atoms with Crippen molar-refractivity contribution >= 4 is 17.8 Å². The third kappa shape index (κ3) is 3.92. The number of hydrogen-bond donors (Lipinski definition) is 1. The van der Waals surface area contributed by atoms with Gasteiger partial charge in [-0.3, -0.25) is 14.1 Å². The normalized spacial score (nSPS) is 18.1. The molecule has 170 valence electrons. The highest BCUT2D eigenvalue weighted by molar-refractivity contribution is 5.68. The molecule has 0 aliphatic carbocycles. The third-order valence-electron chi connectivity index (χ3n) is 5.93. The molecule has 5 heterocycles. The fraction of sp³-hybridized carbons (Fsp3) is 0.391. The Bertz CT molecular complexity index is 1310. The maximum Gasteiger partial charge on any atom is 0.224 e. The number of aromatic nitrogens is 7. The molecule has 10 heteroatoms. The first-order valence-electron chi connectivity index (χ1n) is 11.1. The third-order valence-corrected chi connectivity index (χ3v) is 5.93. The van der Waals surface area contributed by atoms with E-state index < -0.39 is 0 Å². The van der Waals surface area contributed by atoms with E-state index in [0.717, 1.165) is 40.4 Å². The molecule has 10 nitrogen and oxygen atoms in total. The van der Waals surface area contributed by atoms with Gasteiger partial charge >= 0.3 is 0 Å². The molecule has 0 saturated heterocycles. The van der Waals surface area contributed by atoms with Crippen molar-refractivity contribution in [3.8, 4) is 22.6 Å². The van der Waals surface area contributed by atoms with E-state index >= 15 is 0 Å². The summed E-state index contributed by atoms with van der Waals surface area (Å²) in [6, 6.07) is 5.92. The van der Waals surface area contributed by atoms with Crippen molar-refractivity contribution in [2.45, 2.75) is 33.4 Å². The molecule has 0 spiro atoms. The van der Waals surface area contributed by atoms with Gasteiger partial charge in [-0.05, 0) is 30.5 Å². The molecular weight excluding hydrogens is 416 g/mol. The quantitative estimate of drug-likeness (QED) is 0.488. The Hall–Kier alpha value is -3.82. The molecule has 4 aromatic rings. The van der Waals surface area contributed by atoms with Crippen molar-refractivity contribution in [3.63, 3.8) is 0 Å². The number of hydrazone groups is 1. The number of anilines is 1. The molecule has 0 bridgehead atoms. The Balaban J connectivity index is 1.45. The van der Waals surface area contributed by atoms with E-state index in [2.05, 4.69) is 51.5 Å². The molecule has 2 atom stereocenters. The summed E-state index contributed by atoms with van der Waals surface area (Å²) in [6.45, 7) is 6.52. The molecule has 1 N–H and O–H groups in total. The zero-order valence-electron chi connectivity index (χ0n) is 19.5. The topological polar surface area (TPSA) is 101 Å². The van der Waals surface area contributed by atoms with Crippen LogP contribution in [0.3, 0.4) is 0 Å². The van der Waals surface area contributed by atoms with E-state index in [4.69, 9.17) is 4.98 Å². The molecule has 0 aromatic carbocycles. The highest BCUT2D eigenvalue weighted by Gasteiger charge is 2.25. The fourth-order valence-corrected chi connectivity index (χ4v) is 4.16. The van der Waals surface area contributed by atoms with Gasteiger partial charge in [-0.2, -0.15) is 10.2 Å². The van der Waals surface area contributed by atoms with Crippen molar-refractivity contribution in [3.05, 3.63) is 42.5 Å². The number of aryl methyl sites for hydroxylation is 1. The summed E-state index contributed by atoms with van der Waals surface area (Å²) in [5.74, 6) is 2.14. The predicted molar refractivity (Wildman–Crippen MR) is 128 cm³/mol. The van der Waals surface area contributed by atoms with E-state index in [1.807, 2.05) is 65.0 Å². The van der Waals surface area contributed by atoms with Crippen molar-refractivity contribution < 1.29 is 0 Å². The van der Waals surface area contributed by atoms with Gasteiger partial charge in [-0.1, -0.05) is 20.8 Å². The first-order chi connectivity index (χ1) is 15.9. The molecule has 1 aliphatic heterocycles. The second kappa shape index (κ2) is 8.27. The zero-order valence-corrected chi connectivity index (χ0v) is 19.5. The van der Waals surface area contributed by atoms with Crippen LogP contribution in [0, 0.1) is 11.8 Å². The minimum absolute atomic E-state index is 0.0290. The van der Waals surface area contributed by atoms with Crippen LogP contribution in [0.15, 0.2) is 41.9 Å². The van der Waals surface area contributed by atoms with Gasteiger partial charge in [0.2, 0.25) is 5.95 Å². The first kappa shape index (κ1) is 21.0. The maximum absolute atomic E-state index is 4.72. The highest BCUT2D eigenvalue weighted by atomic mass is 15.5. The van der Waals surface area contributed by atoms with Crippen LogP contribution in [0.1, 0.15) is 26.5 Å². The summed E-state index contributed by atoms with van der Waals surface area (Å²) in [5, 5.41) is 23.0. The zero-order chi connectivity index (χ0) is 23.1. The minimum Gasteiger partial charge on any atom is -0.332 e. The first-order valence-corrected chi connectivity index (χ1v) is 11.1. The summed E-state index contributed by atoms with van der Waals surface area (Å²) in [4.78, 5) is 9.11. The summed E-state index contributed by atoms with van der Waals surface area (Å²) >= 11 is 0. The van der Waals surface area contributed by atoms with Crippen molar-refractivity contribution in [1.29, 1.82) is 0 Å². The van der Waals surface area contributed by atoms with Crippen molar-refractivity contribution in [2.24, 2.45) is 24.0 Å². The molecule has 0 amide bonds. The van der Waals surface area contributed by atoms with Gasteiger partial charge < -0.3 is 5.32 Å². The van der Waals surface area contributed by atoms with Crippen molar-refractivity contribution in [2.75, 3.05) is 12.4 Å². The SMILES string of the molecule is CC(C)Cc1c(-c2nnc3cc(-c4ccnc(NC5C(C)C=NN5C)n4)ccn23)cnn1C. The van der Waals surface area contributed by atoms with Crippen LogP contribution in [0.2, 0.25) is 0 Å². The average Bonchev–Trinajstić information content (AvgIpc) is 3.47. The van der Waals surface area contributed by atoms with Crippen LogP contribution >= 0.6 is 0 Å². The van der Waals surface area contributed by atoms with Crippen LogP contribution < -0.4 is 5.32 Å². The summed E-state index contributed by atoms with van der Waals surface area (Å²) < 4.78 is 3.92. The van der Waals surface area contributed by atoms with Crippen LogP contribution in [-0.4, -0.2) is 58.8 Å². The number of pyridine rings is 1. The lowest BCUT2D eigenvalue weighted by Crippen LogP contribution is -2.36. The molecule has 0 fully saturated rings. The number of fused-ring (bicyclic) bond motifs is 1. The van der Waals surface area contributed by atoms with Gasteiger partial charge in [0.15, 0.2) is 11.5 Å². The van der Waals surface area contributed by atoms with E-state index in [1.54, 1.807) is 6.20 Å². The van der Waals surface area contributed by atoms with Crippen LogP contribution in [0.5, 0.6) is 0 Å². The molecule has 2 unspecified atom stereocenters. The van der Waals surface area contributed by atoms with Gasteiger partial charge in [-0.25, -0.2) is 9.97 Å². The number of nitrogens with zero attached hydrogens (tertiary/aromatic N) is 9. The maximum atomic E-state index is 4.72. The van der Waals surface area contributed by atoms with E-state index in [1.165, 1.54) is 0 Å². The predicted octanol–water partition coefficient (Wildman–Crippen LogP) is 3.09. The fourth-order valence-electron chi connectivity index (χ4n) is 4.16. The number of hydrogen-bond acceptors (Lipinski definition) is 8. The van der Waals surface area contributed by atoms with E-state index in [9.17, 15) is 0 Å². The molecule has 0 saturated carbocycles. The Morgan fingerprint density at radius 1 is 1.15 bits per heavy atom. The monoisotopic (exact) mass is 444 g/mol. The van der Waals surface area contributed by atoms with Crippen LogP contribution in [-0.2, 0) is 13.5 Å². The van der Waals surface area contributed by atoms with E-state index in [-0.39, 0.29) is 12.1 Å². The molecule has 5 rings (SSSR count). The molecule has 4 aromatic heterocycles. The van der Waals surface area contributed by atoms with Gasteiger partial charge in [0.1, 0.15) is 6.17 Å². The lowest BCUT2D eigenvalue weighted by Gasteiger charge is -2.23. The van der Waals surface area contributed by atoms with Gasteiger partial charge in [0.25, 0.3) is 0 Å². The number of nitrogens with one attached hydrogen (secondary N) is 1. The lowest BCUT2D eigenvalue weighted by molar-refractivity contribution is 0.279. The molecule has 0 radical (unpaired) electrons. The minimum atomic E-state index is 0.0290. The molecule has 1 aliphatic rings. The summed E-state index contributed by atoms with van der Waals surface area (Å²) in [6.07, 6.45) is 8.50. The van der Waals surface area contributed by atoms with Gasteiger partial charge in [0, 0.05) is 49.9 Å². The largest absolute Gasteiger partial charge is 0.332 e. The Kier molecular flexibility index (Phi) is 5.27. The smallest absolute Gasteiger partial charge is 0.224 e. The Morgan fingerprint density at radius 2 is 2.00 bits per heavy atom. The average molecular weight is 445 g/mol. The second-order valence-corrected chi connectivity index (χ2v) is 8.95. The van der Waals surface area contributed by atoms with Crippen LogP contribution in [0.4, 0.5) is 5.95 Å². The standard InChI is InChI=1S/C23H28N10/c1-14(2)10-19-17(13-26-31(19)4)22-30-29-20-11-16(7-9-33(20)22)18-6-8-24-23(27-18)28-21-15(3)12-25-32(21)5/h6-9,11-15,21H,10H2,1-5H3,(H,24,27,28). The Labute approximate surface area is 192 Å². The molecule has 33 heavy (non-hydrogen) atoms. The van der Waals surface area contributed by atoms with E-state index in [0.29, 0.717) is 11.9 Å². The Morgan fingerprint density at radius 3 is 2.76 bits per heavy atom. The van der Waals surface area contributed by atoms with Gasteiger partial charge in [0.05, 0.1) is 17.5 Å². The lowest BCUT2D eigenvalue weighted by atomic mass is 10.0. The summed E-state index contributed by atoms with van der Waals surface area (Å²) in [5.41, 5.74) is 4.69. The van der Waals surface area contributed by atoms with Crippen molar-refractivity contribution in [1.82, 2.24) is 39.4 Å². The number of rotatable bonds is 6.